The Bertz CT molecular complexity index is 920. The quantitative estimate of drug-likeness (QED) is 0.910. The van der Waals surface area contributed by atoms with Crippen LogP contribution < -0.4 is 10.2 Å². The van der Waals surface area contributed by atoms with Crippen molar-refractivity contribution in [3.05, 3.63) is 54.1 Å². The summed E-state index contributed by atoms with van der Waals surface area (Å²) in [6, 6.07) is 12.9. The van der Waals surface area contributed by atoms with Crippen LogP contribution >= 0.6 is 0 Å². The van der Waals surface area contributed by atoms with Crippen molar-refractivity contribution in [3.63, 3.8) is 0 Å². The highest BCUT2D eigenvalue weighted by atomic mass is 32.2. The van der Waals surface area contributed by atoms with Crippen LogP contribution in [0.25, 0.3) is 0 Å². The third kappa shape index (κ3) is 3.88. The number of nitrogens with one attached hydrogen (secondary N) is 1. The zero-order valence-corrected chi connectivity index (χ0v) is 14.5. The van der Waals surface area contributed by atoms with Crippen LogP contribution in [0.15, 0.2) is 53.4 Å². The summed E-state index contributed by atoms with van der Waals surface area (Å²) in [6.07, 6.45) is 2.52. The van der Waals surface area contributed by atoms with E-state index in [1.165, 1.54) is 12.1 Å². The van der Waals surface area contributed by atoms with Crippen LogP contribution in [-0.2, 0) is 14.6 Å². The fraction of sp³-hybridized carbons (Fsp3) is 0.222. The van der Waals surface area contributed by atoms with Crippen molar-refractivity contribution in [2.45, 2.75) is 17.7 Å². The minimum absolute atomic E-state index is 0.0924. The van der Waals surface area contributed by atoms with E-state index in [0.717, 1.165) is 18.4 Å². The highest BCUT2D eigenvalue weighted by Gasteiger charge is 2.21. The Labute approximate surface area is 146 Å². The van der Waals surface area contributed by atoms with E-state index >= 15 is 0 Å². The molecule has 1 N–H and O–H groups in total. The van der Waals surface area contributed by atoms with E-state index in [0.29, 0.717) is 24.2 Å². The van der Waals surface area contributed by atoms with Crippen molar-refractivity contribution in [1.29, 1.82) is 0 Å². The van der Waals surface area contributed by atoms with Crippen molar-refractivity contribution in [3.8, 4) is 0 Å². The maximum Gasteiger partial charge on any atom is 0.255 e. The van der Waals surface area contributed by atoms with Crippen LogP contribution in [0.4, 0.5) is 11.4 Å². The minimum atomic E-state index is -3.33. The Balaban J connectivity index is 1.74. The molecule has 1 aliphatic heterocycles. The monoisotopic (exact) mass is 358 g/mol. The van der Waals surface area contributed by atoms with Gasteiger partial charge in [0.15, 0.2) is 9.84 Å². The fourth-order valence-corrected chi connectivity index (χ4v) is 3.39. The summed E-state index contributed by atoms with van der Waals surface area (Å²) in [5.74, 6) is -0.250. The fourth-order valence-electron chi connectivity index (χ4n) is 2.72. The Morgan fingerprint density at radius 2 is 1.84 bits per heavy atom. The molecule has 3 rings (SSSR count). The van der Waals surface area contributed by atoms with Crippen molar-refractivity contribution < 1.29 is 18.0 Å². The molecular formula is C18H18N2O4S. The molecule has 6 nitrogen and oxygen atoms in total. The molecule has 0 aromatic heterocycles. The van der Waals surface area contributed by atoms with E-state index in [1.807, 2.05) is 0 Å². The maximum absolute atomic E-state index is 12.3. The minimum Gasteiger partial charge on any atom is -0.322 e. The molecule has 1 saturated heterocycles. The number of carbonyl (C=O) groups is 2. The number of sulfone groups is 1. The van der Waals surface area contributed by atoms with Gasteiger partial charge in [0.2, 0.25) is 5.91 Å². The largest absolute Gasteiger partial charge is 0.322 e. The molecule has 2 amide bonds. The van der Waals surface area contributed by atoms with Gasteiger partial charge >= 0.3 is 0 Å². The van der Waals surface area contributed by atoms with Gasteiger partial charge in [0.05, 0.1) is 4.90 Å². The standard InChI is InChI=1S/C18H18N2O4S/c1-25(23,24)16-5-2-4-14(12-16)19-18(22)13-7-9-15(10-8-13)20-11-3-6-17(20)21/h2,4-5,7-10,12H,3,6,11H2,1H3,(H,19,22). The molecule has 0 radical (unpaired) electrons. The van der Waals surface area contributed by atoms with E-state index < -0.39 is 9.84 Å². The average Bonchev–Trinajstić information content (AvgIpc) is 3.00. The van der Waals surface area contributed by atoms with E-state index in [1.54, 1.807) is 41.3 Å². The number of carbonyl (C=O) groups excluding carboxylic acids is 2. The highest BCUT2D eigenvalue weighted by molar-refractivity contribution is 7.90. The summed E-state index contributed by atoms with van der Waals surface area (Å²) < 4.78 is 23.2. The molecule has 1 heterocycles. The van der Waals surface area contributed by atoms with E-state index in [4.69, 9.17) is 0 Å². The molecule has 2 aromatic carbocycles. The number of hydrogen-bond acceptors (Lipinski definition) is 4. The number of anilines is 2. The van der Waals surface area contributed by atoms with E-state index in [2.05, 4.69) is 5.32 Å². The van der Waals surface area contributed by atoms with Gasteiger partial charge in [-0.3, -0.25) is 9.59 Å². The summed E-state index contributed by atoms with van der Waals surface area (Å²) in [7, 11) is -3.33. The zero-order valence-electron chi connectivity index (χ0n) is 13.7. The summed E-state index contributed by atoms with van der Waals surface area (Å²) in [4.78, 5) is 25.9. The van der Waals surface area contributed by atoms with Crippen LogP contribution in [0.5, 0.6) is 0 Å². The van der Waals surface area contributed by atoms with Crippen LogP contribution in [0.3, 0.4) is 0 Å². The SMILES string of the molecule is CS(=O)(=O)c1cccc(NC(=O)c2ccc(N3CCCC3=O)cc2)c1. The molecule has 0 aliphatic carbocycles. The Morgan fingerprint density at radius 1 is 1.12 bits per heavy atom. The predicted octanol–water partition coefficient (Wildman–Crippen LogP) is 2.47. The van der Waals surface area contributed by atoms with Gasteiger partial charge in [0, 0.05) is 36.2 Å². The van der Waals surface area contributed by atoms with Crippen LogP contribution in [-0.4, -0.2) is 33.0 Å². The first kappa shape index (κ1) is 17.2. The molecule has 1 fully saturated rings. The lowest BCUT2D eigenvalue weighted by atomic mass is 10.1. The maximum atomic E-state index is 12.3. The van der Waals surface area contributed by atoms with Gasteiger partial charge in [-0.05, 0) is 48.9 Å². The van der Waals surface area contributed by atoms with Gasteiger partial charge in [-0.25, -0.2) is 8.42 Å². The number of amides is 2. The molecular weight excluding hydrogens is 340 g/mol. The van der Waals surface area contributed by atoms with E-state index in [-0.39, 0.29) is 16.7 Å². The summed E-state index contributed by atoms with van der Waals surface area (Å²) in [5.41, 5.74) is 1.62. The Hall–Kier alpha value is -2.67. The third-order valence-corrected chi connectivity index (χ3v) is 5.14. The normalized spacial score (nSPS) is 14.6. The second-order valence-electron chi connectivity index (χ2n) is 5.95. The Morgan fingerprint density at radius 3 is 2.44 bits per heavy atom. The smallest absolute Gasteiger partial charge is 0.255 e. The van der Waals surface area contributed by atoms with Crippen LogP contribution in [0.2, 0.25) is 0 Å². The van der Waals surface area contributed by atoms with Gasteiger partial charge < -0.3 is 10.2 Å². The van der Waals surface area contributed by atoms with Crippen LogP contribution in [0.1, 0.15) is 23.2 Å². The summed E-state index contributed by atoms with van der Waals surface area (Å²) in [5, 5.41) is 2.68. The first-order chi connectivity index (χ1) is 11.8. The lowest BCUT2D eigenvalue weighted by Crippen LogP contribution is -2.23. The number of benzene rings is 2. The lowest BCUT2D eigenvalue weighted by molar-refractivity contribution is -0.117. The molecule has 7 heteroatoms. The van der Waals surface area contributed by atoms with Gasteiger partial charge in [0.25, 0.3) is 5.91 Å². The first-order valence-electron chi connectivity index (χ1n) is 7.86. The van der Waals surface area contributed by atoms with Gasteiger partial charge in [-0.1, -0.05) is 6.07 Å². The van der Waals surface area contributed by atoms with Gasteiger partial charge in [-0.15, -0.1) is 0 Å². The lowest BCUT2D eigenvalue weighted by Gasteiger charge is -2.15. The second kappa shape index (κ2) is 6.68. The third-order valence-electron chi connectivity index (χ3n) is 4.03. The topological polar surface area (TPSA) is 83.6 Å². The molecule has 0 unspecified atom stereocenters. The summed E-state index contributed by atoms with van der Waals surface area (Å²) >= 11 is 0. The molecule has 0 bridgehead atoms. The van der Waals surface area contributed by atoms with Crippen molar-refractivity contribution in [2.75, 3.05) is 23.0 Å². The summed E-state index contributed by atoms with van der Waals surface area (Å²) in [6.45, 7) is 0.697. The average molecular weight is 358 g/mol. The number of nitrogens with zero attached hydrogens (tertiary/aromatic N) is 1. The molecule has 0 saturated carbocycles. The zero-order chi connectivity index (χ0) is 18.0. The predicted molar refractivity (Wildman–Crippen MR) is 95.5 cm³/mol. The van der Waals surface area contributed by atoms with Crippen molar-refractivity contribution in [2.24, 2.45) is 0 Å². The molecule has 0 spiro atoms. The Kier molecular flexibility index (Phi) is 4.59. The number of hydrogen-bond donors (Lipinski definition) is 1. The molecule has 25 heavy (non-hydrogen) atoms. The van der Waals surface area contributed by atoms with Crippen LogP contribution in [0, 0.1) is 0 Å². The molecule has 130 valence electrons. The highest BCUT2D eigenvalue weighted by Crippen LogP contribution is 2.22. The number of rotatable bonds is 4. The molecule has 0 atom stereocenters. The molecule has 1 aliphatic rings. The van der Waals surface area contributed by atoms with Gasteiger partial charge in [-0.2, -0.15) is 0 Å². The van der Waals surface area contributed by atoms with E-state index in [9.17, 15) is 18.0 Å². The van der Waals surface area contributed by atoms with Gasteiger partial charge in [0.1, 0.15) is 0 Å². The first-order valence-corrected chi connectivity index (χ1v) is 9.76. The molecule has 2 aromatic rings. The second-order valence-corrected chi connectivity index (χ2v) is 7.97. The van der Waals surface area contributed by atoms with Crippen molar-refractivity contribution >= 4 is 33.0 Å². The van der Waals surface area contributed by atoms with Crippen molar-refractivity contribution in [1.82, 2.24) is 0 Å².